The van der Waals surface area contributed by atoms with E-state index in [0.717, 1.165) is 26.4 Å². The van der Waals surface area contributed by atoms with Gasteiger partial charge in [-0.3, -0.25) is 4.79 Å². The van der Waals surface area contributed by atoms with Crippen LogP contribution in [0.2, 0.25) is 10.0 Å². The third-order valence-corrected chi connectivity index (χ3v) is 5.82. The summed E-state index contributed by atoms with van der Waals surface area (Å²) in [4.78, 5) is 17.1. The molecular formula is C21H14Cl2N2OS. The number of rotatable bonds is 3. The van der Waals surface area contributed by atoms with Crippen LogP contribution in [0.15, 0.2) is 60.7 Å². The van der Waals surface area contributed by atoms with Crippen LogP contribution in [0.3, 0.4) is 0 Å². The summed E-state index contributed by atoms with van der Waals surface area (Å²) in [6.45, 7) is 1.92. The van der Waals surface area contributed by atoms with Gasteiger partial charge in [0, 0.05) is 11.3 Å². The highest BCUT2D eigenvalue weighted by Gasteiger charge is 2.13. The number of amides is 1. The first-order valence-corrected chi connectivity index (χ1v) is 9.81. The van der Waals surface area contributed by atoms with Gasteiger partial charge in [0.2, 0.25) is 0 Å². The monoisotopic (exact) mass is 412 g/mol. The van der Waals surface area contributed by atoms with E-state index < -0.39 is 0 Å². The molecule has 1 heterocycles. The van der Waals surface area contributed by atoms with Crippen LogP contribution in [0.25, 0.3) is 20.8 Å². The Kier molecular flexibility index (Phi) is 4.87. The molecule has 4 rings (SSSR count). The van der Waals surface area contributed by atoms with Gasteiger partial charge < -0.3 is 5.32 Å². The van der Waals surface area contributed by atoms with Gasteiger partial charge in [0.1, 0.15) is 5.01 Å². The number of carbonyl (C=O) groups excluding carboxylic acids is 1. The average molecular weight is 413 g/mol. The molecule has 4 aromatic rings. The smallest absolute Gasteiger partial charge is 0.257 e. The molecule has 1 aromatic heterocycles. The predicted molar refractivity (Wildman–Crippen MR) is 114 cm³/mol. The number of hydrogen-bond acceptors (Lipinski definition) is 3. The fraction of sp³-hybridized carbons (Fsp3) is 0.0476. The van der Waals surface area contributed by atoms with Crippen molar-refractivity contribution in [3.8, 4) is 10.6 Å². The summed E-state index contributed by atoms with van der Waals surface area (Å²) in [7, 11) is 0. The van der Waals surface area contributed by atoms with E-state index in [2.05, 4.69) is 10.3 Å². The molecule has 1 amide bonds. The van der Waals surface area contributed by atoms with Gasteiger partial charge in [-0.1, -0.05) is 41.4 Å². The molecule has 0 atom stereocenters. The van der Waals surface area contributed by atoms with Gasteiger partial charge in [0.05, 0.1) is 25.8 Å². The molecule has 134 valence electrons. The van der Waals surface area contributed by atoms with Crippen molar-refractivity contribution >= 4 is 56.3 Å². The van der Waals surface area contributed by atoms with Crippen LogP contribution in [0.4, 0.5) is 5.69 Å². The standard InChI is InChI=1S/C21H14Cl2N2OS/c1-12-6-8-14(16(22)10-12)20(26)24-13-7-9-15(17(23)11-13)21-25-18-4-2-3-5-19(18)27-21/h2-11H,1H3,(H,24,26). The Bertz CT molecular complexity index is 1140. The minimum Gasteiger partial charge on any atom is -0.322 e. The molecule has 0 aliphatic rings. The zero-order valence-corrected chi connectivity index (χ0v) is 16.6. The lowest BCUT2D eigenvalue weighted by Crippen LogP contribution is -2.12. The quantitative estimate of drug-likeness (QED) is 0.400. The summed E-state index contributed by atoms with van der Waals surface area (Å²) in [6.07, 6.45) is 0. The molecule has 0 fully saturated rings. The number of nitrogens with one attached hydrogen (secondary N) is 1. The number of fused-ring (bicyclic) bond motifs is 1. The second-order valence-electron chi connectivity index (χ2n) is 6.12. The van der Waals surface area contributed by atoms with Gasteiger partial charge in [0.25, 0.3) is 5.91 Å². The van der Waals surface area contributed by atoms with Crippen LogP contribution in [-0.4, -0.2) is 10.9 Å². The molecule has 0 aliphatic carbocycles. The lowest BCUT2D eigenvalue weighted by atomic mass is 10.1. The second kappa shape index (κ2) is 7.31. The fourth-order valence-corrected chi connectivity index (χ4v) is 4.41. The number of thiazole rings is 1. The molecule has 0 saturated heterocycles. The van der Waals surface area contributed by atoms with Crippen molar-refractivity contribution in [2.75, 3.05) is 5.32 Å². The van der Waals surface area contributed by atoms with E-state index in [4.69, 9.17) is 23.2 Å². The van der Waals surface area contributed by atoms with Crippen molar-refractivity contribution < 1.29 is 4.79 Å². The van der Waals surface area contributed by atoms with E-state index in [9.17, 15) is 4.79 Å². The molecular weight excluding hydrogens is 399 g/mol. The number of benzene rings is 3. The van der Waals surface area contributed by atoms with Crippen LogP contribution >= 0.6 is 34.5 Å². The number of para-hydroxylation sites is 1. The minimum absolute atomic E-state index is 0.274. The highest BCUT2D eigenvalue weighted by Crippen LogP contribution is 2.35. The van der Waals surface area contributed by atoms with Crippen LogP contribution in [0, 0.1) is 6.92 Å². The third-order valence-electron chi connectivity index (χ3n) is 4.12. The number of anilines is 1. The topological polar surface area (TPSA) is 42.0 Å². The molecule has 6 heteroatoms. The lowest BCUT2D eigenvalue weighted by molar-refractivity contribution is 0.102. The Morgan fingerprint density at radius 3 is 2.56 bits per heavy atom. The van der Waals surface area contributed by atoms with Gasteiger partial charge in [-0.25, -0.2) is 4.98 Å². The number of hydrogen-bond donors (Lipinski definition) is 1. The van der Waals surface area contributed by atoms with Gasteiger partial charge in [-0.2, -0.15) is 0 Å². The fourth-order valence-electron chi connectivity index (χ4n) is 2.76. The Balaban J connectivity index is 1.60. The lowest BCUT2D eigenvalue weighted by Gasteiger charge is -2.09. The van der Waals surface area contributed by atoms with Crippen LogP contribution in [-0.2, 0) is 0 Å². The summed E-state index contributed by atoms with van der Waals surface area (Å²) in [6, 6.07) is 18.7. The maximum atomic E-state index is 12.5. The Morgan fingerprint density at radius 1 is 1.00 bits per heavy atom. The molecule has 0 bridgehead atoms. The maximum Gasteiger partial charge on any atom is 0.257 e. The Morgan fingerprint density at radius 2 is 1.81 bits per heavy atom. The molecule has 0 saturated carbocycles. The van der Waals surface area contributed by atoms with Crippen molar-refractivity contribution in [3.63, 3.8) is 0 Å². The van der Waals surface area contributed by atoms with Crippen molar-refractivity contribution in [2.45, 2.75) is 6.92 Å². The van der Waals surface area contributed by atoms with E-state index in [1.807, 2.05) is 49.4 Å². The highest BCUT2D eigenvalue weighted by atomic mass is 35.5. The third kappa shape index (κ3) is 3.69. The summed E-state index contributed by atoms with van der Waals surface area (Å²) in [5.74, 6) is -0.274. The zero-order chi connectivity index (χ0) is 19.0. The molecule has 0 radical (unpaired) electrons. The van der Waals surface area contributed by atoms with Gasteiger partial charge in [-0.05, 0) is 55.0 Å². The summed E-state index contributed by atoms with van der Waals surface area (Å²) < 4.78 is 1.11. The number of aryl methyl sites for hydroxylation is 1. The summed E-state index contributed by atoms with van der Waals surface area (Å²) in [5.41, 5.74) is 3.81. The summed E-state index contributed by atoms with van der Waals surface area (Å²) >= 11 is 14.2. The summed E-state index contributed by atoms with van der Waals surface area (Å²) in [5, 5.41) is 4.64. The number of halogens is 2. The molecule has 3 nitrogen and oxygen atoms in total. The molecule has 0 aliphatic heterocycles. The van der Waals surface area contributed by atoms with Gasteiger partial charge >= 0.3 is 0 Å². The first kappa shape index (κ1) is 18.0. The Hall–Kier alpha value is -2.40. The zero-order valence-electron chi connectivity index (χ0n) is 14.3. The van der Waals surface area contributed by atoms with Crippen molar-refractivity contribution in [1.82, 2.24) is 4.98 Å². The van der Waals surface area contributed by atoms with Crippen molar-refractivity contribution in [3.05, 3.63) is 81.8 Å². The minimum atomic E-state index is -0.274. The van der Waals surface area contributed by atoms with E-state index in [-0.39, 0.29) is 5.91 Å². The van der Waals surface area contributed by atoms with E-state index in [1.165, 1.54) is 0 Å². The normalized spacial score (nSPS) is 10.9. The Labute approximate surface area is 170 Å². The first-order chi connectivity index (χ1) is 13.0. The van der Waals surface area contributed by atoms with Crippen LogP contribution < -0.4 is 5.32 Å². The van der Waals surface area contributed by atoms with Crippen LogP contribution in [0.5, 0.6) is 0 Å². The largest absolute Gasteiger partial charge is 0.322 e. The molecule has 3 aromatic carbocycles. The van der Waals surface area contributed by atoms with E-state index in [1.54, 1.807) is 29.5 Å². The van der Waals surface area contributed by atoms with Crippen molar-refractivity contribution in [1.29, 1.82) is 0 Å². The SMILES string of the molecule is Cc1ccc(C(=O)Nc2ccc(-c3nc4ccccc4s3)c(Cl)c2)c(Cl)c1. The molecule has 0 unspecified atom stereocenters. The maximum absolute atomic E-state index is 12.5. The van der Waals surface area contributed by atoms with Crippen LogP contribution in [0.1, 0.15) is 15.9 Å². The van der Waals surface area contributed by atoms with Gasteiger partial charge in [-0.15, -0.1) is 11.3 Å². The highest BCUT2D eigenvalue weighted by molar-refractivity contribution is 7.21. The molecule has 1 N–H and O–H groups in total. The van der Waals surface area contributed by atoms with E-state index in [0.29, 0.717) is 21.3 Å². The first-order valence-electron chi connectivity index (χ1n) is 8.24. The second-order valence-corrected chi connectivity index (χ2v) is 7.96. The predicted octanol–water partition coefficient (Wildman–Crippen LogP) is 6.83. The molecule has 0 spiro atoms. The number of nitrogens with zero attached hydrogens (tertiary/aromatic N) is 1. The van der Waals surface area contributed by atoms with E-state index >= 15 is 0 Å². The number of carbonyl (C=O) groups is 1. The van der Waals surface area contributed by atoms with Gasteiger partial charge in [0.15, 0.2) is 0 Å². The molecule has 27 heavy (non-hydrogen) atoms. The van der Waals surface area contributed by atoms with Crippen molar-refractivity contribution in [2.24, 2.45) is 0 Å². The average Bonchev–Trinajstić information content (AvgIpc) is 3.05. The number of aromatic nitrogens is 1.